The summed E-state index contributed by atoms with van der Waals surface area (Å²) in [6.45, 7) is 17.9. The van der Waals surface area contributed by atoms with Crippen LogP contribution in [-0.2, 0) is 22.0 Å². The summed E-state index contributed by atoms with van der Waals surface area (Å²) in [5.41, 5.74) is 2.91. The fraction of sp³-hybridized carbons (Fsp3) is 0.863. The maximum Gasteiger partial charge on any atom is 0.338 e. The van der Waals surface area contributed by atoms with E-state index in [0.717, 1.165) is 48.8 Å². The molecule has 0 fully saturated rings. The fourth-order valence-electron chi connectivity index (χ4n) is 8.28. The third-order valence-electron chi connectivity index (χ3n) is 11.7. The van der Waals surface area contributed by atoms with E-state index in [1.54, 1.807) is 0 Å². The predicted molar refractivity (Wildman–Crippen MR) is 239 cm³/mol. The molecule has 316 valence electrons. The molecule has 0 saturated heterocycles. The van der Waals surface area contributed by atoms with Crippen LogP contribution in [0.2, 0.25) is 0 Å². The van der Waals surface area contributed by atoms with Crippen LogP contribution in [0.4, 0.5) is 0 Å². The Balaban J connectivity index is 2.49. The van der Waals surface area contributed by atoms with E-state index in [1.165, 1.54) is 180 Å². The van der Waals surface area contributed by atoms with Crippen molar-refractivity contribution >= 4 is 5.97 Å². The molecule has 0 unspecified atom stereocenters. The van der Waals surface area contributed by atoms with Gasteiger partial charge in [0.2, 0.25) is 0 Å². The second-order valence-electron chi connectivity index (χ2n) is 19.2. The van der Waals surface area contributed by atoms with Gasteiger partial charge in [0.05, 0.1) is 12.2 Å². The molecule has 0 aliphatic heterocycles. The largest absolute Gasteiger partial charge is 0.507 e. The van der Waals surface area contributed by atoms with Gasteiger partial charge < -0.3 is 9.84 Å². The molecule has 3 heteroatoms. The van der Waals surface area contributed by atoms with Crippen molar-refractivity contribution in [2.75, 3.05) is 6.61 Å². The lowest BCUT2D eigenvalue weighted by atomic mass is 9.74. The van der Waals surface area contributed by atoms with Gasteiger partial charge in [-0.25, -0.2) is 4.79 Å². The van der Waals surface area contributed by atoms with Crippen LogP contribution in [-0.4, -0.2) is 17.7 Å². The summed E-state index contributed by atoms with van der Waals surface area (Å²) < 4.78 is 5.98. The van der Waals surface area contributed by atoms with Crippen LogP contribution in [0.3, 0.4) is 0 Å². The van der Waals surface area contributed by atoms with Gasteiger partial charge in [-0.05, 0) is 41.7 Å². The van der Waals surface area contributed by atoms with Gasteiger partial charge in [-0.2, -0.15) is 0 Å². The van der Waals surface area contributed by atoms with Crippen LogP contribution >= 0.6 is 0 Å². The normalized spacial score (nSPS) is 12.1. The Hall–Kier alpha value is -1.51. The molecule has 1 aromatic rings. The minimum absolute atomic E-state index is 0.210. The first-order valence-corrected chi connectivity index (χ1v) is 24.0. The highest BCUT2D eigenvalue weighted by atomic mass is 16.5. The maximum atomic E-state index is 13.8. The van der Waals surface area contributed by atoms with Crippen LogP contribution in [0.15, 0.2) is 6.07 Å². The Labute approximate surface area is 338 Å². The first-order valence-electron chi connectivity index (χ1n) is 24.0. The zero-order chi connectivity index (χ0) is 39.9. The number of carbonyl (C=O) groups is 1. The third kappa shape index (κ3) is 24.2. The topological polar surface area (TPSA) is 46.5 Å². The number of phenolic OH excluding ortho intramolecular Hbond substituents is 1. The summed E-state index contributed by atoms with van der Waals surface area (Å²) in [4.78, 5) is 13.8. The summed E-state index contributed by atoms with van der Waals surface area (Å²) in [5, 5.41) is 11.7. The van der Waals surface area contributed by atoms with E-state index in [9.17, 15) is 9.90 Å². The van der Waals surface area contributed by atoms with Crippen molar-refractivity contribution in [3.05, 3.63) is 28.3 Å². The number of esters is 1. The van der Waals surface area contributed by atoms with Gasteiger partial charge in [-0.1, -0.05) is 248 Å². The third-order valence-corrected chi connectivity index (χ3v) is 11.7. The molecule has 0 radical (unpaired) electrons. The lowest BCUT2D eigenvalue weighted by Gasteiger charge is -2.31. The number of benzene rings is 1. The first-order chi connectivity index (χ1) is 25.9. The molecule has 0 bridgehead atoms. The zero-order valence-electron chi connectivity index (χ0n) is 37.9. The number of carbonyl (C=O) groups excluding carboxylic acids is 1. The summed E-state index contributed by atoms with van der Waals surface area (Å²) in [7, 11) is 0. The molecule has 0 amide bonds. The first kappa shape index (κ1) is 50.5. The Kier molecular flexibility index (Phi) is 29.5. The minimum Gasteiger partial charge on any atom is -0.507 e. The number of hydrogen-bond acceptors (Lipinski definition) is 3. The molecule has 54 heavy (non-hydrogen) atoms. The van der Waals surface area contributed by atoms with Crippen molar-refractivity contribution < 1.29 is 14.6 Å². The summed E-state index contributed by atoms with van der Waals surface area (Å²) >= 11 is 0. The van der Waals surface area contributed by atoms with Crippen LogP contribution in [0.25, 0.3) is 0 Å². The predicted octanol–water partition coefficient (Wildman–Crippen LogP) is 17.2. The van der Waals surface area contributed by atoms with Gasteiger partial charge >= 0.3 is 5.97 Å². The van der Waals surface area contributed by atoms with Crippen molar-refractivity contribution in [1.29, 1.82) is 0 Å². The number of phenols is 1. The lowest BCUT2D eigenvalue weighted by Crippen LogP contribution is -2.23. The zero-order valence-corrected chi connectivity index (χ0v) is 37.9. The quantitative estimate of drug-likeness (QED) is 0.0554. The Morgan fingerprint density at radius 3 is 1.11 bits per heavy atom. The van der Waals surface area contributed by atoms with Crippen LogP contribution < -0.4 is 0 Å². The maximum absolute atomic E-state index is 13.8. The summed E-state index contributed by atoms with van der Waals surface area (Å²) in [5.74, 6) is 0.161. The lowest BCUT2D eigenvalue weighted by molar-refractivity contribution is 0.0496. The number of unbranched alkanes of at least 4 members (excludes halogenated alkanes) is 30. The SMILES string of the molecule is CCCCCCCCCCCCCCCCCCOC(=O)c1cc(C(C)(C)C)c(O)c(C(C)(C)C)c1CCCCCCCCCCCCCCCCCC. The molecule has 0 atom stereocenters. The van der Waals surface area contributed by atoms with Crippen molar-refractivity contribution in [3.8, 4) is 5.75 Å². The van der Waals surface area contributed by atoms with Crippen molar-refractivity contribution in [3.63, 3.8) is 0 Å². The molecule has 1 N–H and O–H groups in total. The molecule has 0 saturated carbocycles. The average molecular weight is 755 g/mol. The van der Waals surface area contributed by atoms with Gasteiger partial charge in [0.25, 0.3) is 0 Å². The molecule has 0 spiro atoms. The number of aromatic hydroxyl groups is 1. The molecule has 3 nitrogen and oxygen atoms in total. The minimum atomic E-state index is -0.279. The highest BCUT2D eigenvalue weighted by Crippen LogP contribution is 2.43. The van der Waals surface area contributed by atoms with Crippen molar-refractivity contribution in [2.45, 2.75) is 278 Å². The van der Waals surface area contributed by atoms with Crippen LogP contribution in [0.5, 0.6) is 5.75 Å². The Morgan fingerprint density at radius 1 is 0.481 bits per heavy atom. The van der Waals surface area contributed by atoms with E-state index < -0.39 is 0 Å². The Bertz CT molecular complexity index is 1040. The summed E-state index contributed by atoms with van der Waals surface area (Å²) in [6, 6.07) is 1.96. The van der Waals surface area contributed by atoms with E-state index >= 15 is 0 Å². The highest BCUT2D eigenvalue weighted by Gasteiger charge is 2.32. The van der Waals surface area contributed by atoms with Gasteiger partial charge in [0, 0.05) is 11.1 Å². The number of rotatable bonds is 35. The highest BCUT2D eigenvalue weighted by molar-refractivity contribution is 5.92. The fourth-order valence-corrected chi connectivity index (χ4v) is 8.28. The number of hydrogen-bond donors (Lipinski definition) is 1. The second kappa shape index (κ2) is 31.6. The van der Waals surface area contributed by atoms with Gasteiger partial charge in [0.1, 0.15) is 5.75 Å². The standard InChI is InChI=1S/C51H94O3/c1-9-11-13-15-17-19-21-23-25-27-29-31-33-35-37-39-41-44-45(43-46(50(3,4)5)48(52)47(44)51(6,7)8)49(53)54-42-40-38-36-34-32-30-28-26-24-22-20-18-16-14-12-10-2/h43,52H,9-42H2,1-8H3. The molecule has 1 aromatic carbocycles. The van der Waals surface area contributed by atoms with Crippen LogP contribution in [0.1, 0.15) is 288 Å². The number of ether oxygens (including phenoxy) is 1. The molecular formula is C51H94O3. The van der Waals surface area contributed by atoms with Crippen molar-refractivity contribution in [2.24, 2.45) is 0 Å². The van der Waals surface area contributed by atoms with E-state index in [1.807, 2.05) is 6.07 Å². The molecular weight excluding hydrogens is 661 g/mol. The van der Waals surface area contributed by atoms with Crippen LogP contribution in [0, 0.1) is 0 Å². The molecule has 0 aliphatic carbocycles. The molecule has 1 rings (SSSR count). The van der Waals surface area contributed by atoms with Gasteiger partial charge in [-0.3, -0.25) is 0 Å². The average Bonchev–Trinajstić information content (AvgIpc) is 3.11. The van der Waals surface area contributed by atoms with E-state index in [2.05, 4.69) is 55.4 Å². The molecule has 0 aliphatic rings. The monoisotopic (exact) mass is 755 g/mol. The second-order valence-corrected chi connectivity index (χ2v) is 19.2. The van der Waals surface area contributed by atoms with E-state index in [0.29, 0.717) is 17.9 Å². The smallest absolute Gasteiger partial charge is 0.338 e. The van der Waals surface area contributed by atoms with E-state index in [-0.39, 0.29) is 16.8 Å². The summed E-state index contributed by atoms with van der Waals surface area (Å²) in [6.07, 6.45) is 43.7. The van der Waals surface area contributed by atoms with Gasteiger partial charge in [-0.15, -0.1) is 0 Å². The molecule has 0 heterocycles. The van der Waals surface area contributed by atoms with Crippen molar-refractivity contribution in [1.82, 2.24) is 0 Å². The molecule has 0 aromatic heterocycles. The van der Waals surface area contributed by atoms with E-state index in [4.69, 9.17) is 4.74 Å². The van der Waals surface area contributed by atoms with Gasteiger partial charge in [0.15, 0.2) is 0 Å². The Morgan fingerprint density at radius 2 is 0.796 bits per heavy atom.